The average molecular weight is 270 g/mol. The van der Waals surface area contributed by atoms with Gasteiger partial charge in [0.05, 0.1) is 0 Å². The molecule has 104 valence electrons. The van der Waals surface area contributed by atoms with E-state index in [1.165, 1.54) is 0 Å². The Morgan fingerprint density at radius 3 is 2.70 bits per heavy atom. The first-order valence-electron chi connectivity index (χ1n) is 6.41. The summed E-state index contributed by atoms with van der Waals surface area (Å²) in [6.45, 7) is 4.30. The molecule has 4 nitrogen and oxygen atoms in total. The fraction of sp³-hybridized carbons (Fsp3) is 0.188. The molecule has 4 heteroatoms. The molecular formula is C16H18N2O2. The molecule has 0 spiro atoms. The standard InChI is InChI=1S/C16H18N2O2/c1-10-6-7-15(19)12(8-10)9-18-14-5-3-4-13(11(14)2)16(17)20/h3-8,18-19H,9H2,1-2H3,(H2,17,20). The van der Waals surface area contributed by atoms with E-state index >= 15 is 0 Å². The first-order valence-corrected chi connectivity index (χ1v) is 6.41. The third-order valence-corrected chi connectivity index (χ3v) is 3.30. The lowest BCUT2D eigenvalue weighted by atomic mass is 10.1. The number of benzene rings is 2. The molecule has 1 amide bonds. The van der Waals surface area contributed by atoms with Gasteiger partial charge < -0.3 is 16.2 Å². The summed E-state index contributed by atoms with van der Waals surface area (Å²) in [6, 6.07) is 10.8. The second-order valence-electron chi connectivity index (χ2n) is 4.83. The highest BCUT2D eigenvalue weighted by Crippen LogP contribution is 2.22. The molecule has 0 fully saturated rings. The van der Waals surface area contributed by atoms with E-state index in [1.54, 1.807) is 18.2 Å². The third kappa shape index (κ3) is 2.91. The van der Waals surface area contributed by atoms with Crippen LogP contribution >= 0.6 is 0 Å². The van der Waals surface area contributed by atoms with Crippen LogP contribution in [-0.4, -0.2) is 11.0 Å². The van der Waals surface area contributed by atoms with Crippen molar-refractivity contribution >= 4 is 11.6 Å². The van der Waals surface area contributed by atoms with Crippen molar-refractivity contribution in [3.8, 4) is 5.75 Å². The number of anilines is 1. The van der Waals surface area contributed by atoms with Crippen molar-refractivity contribution in [2.24, 2.45) is 5.73 Å². The minimum absolute atomic E-state index is 0.256. The minimum Gasteiger partial charge on any atom is -0.508 e. The molecule has 0 aliphatic heterocycles. The number of nitrogens with two attached hydrogens (primary N) is 1. The maximum absolute atomic E-state index is 11.3. The zero-order chi connectivity index (χ0) is 14.7. The van der Waals surface area contributed by atoms with Crippen LogP contribution in [0.4, 0.5) is 5.69 Å². The topological polar surface area (TPSA) is 75.3 Å². The van der Waals surface area contributed by atoms with Gasteiger partial charge in [0.25, 0.3) is 0 Å². The summed E-state index contributed by atoms with van der Waals surface area (Å²) in [7, 11) is 0. The molecule has 0 radical (unpaired) electrons. The Kier molecular flexibility index (Phi) is 3.94. The number of carbonyl (C=O) groups is 1. The van der Waals surface area contributed by atoms with Crippen LogP contribution in [0.25, 0.3) is 0 Å². The van der Waals surface area contributed by atoms with Crippen LogP contribution < -0.4 is 11.1 Å². The summed E-state index contributed by atoms with van der Waals surface area (Å²) in [6.07, 6.45) is 0. The Hall–Kier alpha value is -2.49. The van der Waals surface area contributed by atoms with E-state index in [0.29, 0.717) is 12.1 Å². The fourth-order valence-corrected chi connectivity index (χ4v) is 2.14. The van der Waals surface area contributed by atoms with E-state index in [0.717, 1.165) is 22.4 Å². The molecule has 0 aliphatic carbocycles. The summed E-state index contributed by atoms with van der Waals surface area (Å²) in [5.41, 5.74) is 9.38. The minimum atomic E-state index is -0.440. The lowest BCUT2D eigenvalue weighted by Gasteiger charge is -2.13. The van der Waals surface area contributed by atoms with Crippen molar-refractivity contribution in [3.05, 3.63) is 58.7 Å². The first-order chi connectivity index (χ1) is 9.49. The van der Waals surface area contributed by atoms with Gasteiger partial charge in [0.15, 0.2) is 0 Å². The number of phenolic OH excluding ortho intramolecular Hbond substituents is 1. The number of aromatic hydroxyl groups is 1. The van der Waals surface area contributed by atoms with Gasteiger partial charge in [-0.3, -0.25) is 4.79 Å². The lowest BCUT2D eigenvalue weighted by Crippen LogP contribution is -2.14. The molecule has 0 aromatic heterocycles. The molecule has 0 atom stereocenters. The highest BCUT2D eigenvalue weighted by Gasteiger charge is 2.09. The van der Waals surface area contributed by atoms with Crippen LogP contribution in [0.5, 0.6) is 5.75 Å². The number of hydrogen-bond acceptors (Lipinski definition) is 3. The van der Waals surface area contributed by atoms with Crippen LogP contribution in [0.1, 0.15) is 27.0 Å². The largest absolute Gasteiger partial charge is 0.508 e. The molecular weight excluding hydrogens is 252 g/mol. The maximum atomic E-state index is 11.3. The van der Waals surface area contributed by atoms with Crippen LogP contribution in [0.15, 0.2) is 36.4 Å². The highest BCUT2D eigenvalue weighted by atomic mass is 16.3. The second-order valence-corrected chi connectivity index (χ2v) is 4.83. The molecule has 0 unspecified atom stereocenters. The van der Waals surface area contributed by atoms with Gasteiger partial charge in [-0.05, 0) is 37.6 Å². The van der Waals surface area contributed by atoms with E-state index in [4.69, 9.17) is 5.73 Å². The molecule has 2 aromatic carbocycles. The molecule has 0 saturated heterocycles. The van der Waals surface area contributed by atoms with Crippen molar-refractivity contribution in [3.63, 3.8) is 0 Å². The van der Waals surface area contributed by atoms with E-state index in [9.17, 15) is 9.90 Å². The van der Waals surface area contributed by atoms with Crippen LogP contribution in [0.2, 0.25) is 0 Å². The first kappa shape index (κ1) is 13.9. The average Bonchev–Trinajstić information content (AvgIpc) is 2.41. The summed E-state index contributed by atoms with van der Waals surface area (Å²) in [4.78, 5) is 11.3. The molecule has 0 aliphatic rings. The second kappa shape index (κ2) is 5.65. The zero-order valence-electron chi connectivity index (χ0n) is 11.6. The van der Waals surface area contributed by atoms with E-state index < -0.39 is 5.91 Å². The van der Waals surface area contributed by atoms with Gasteiger partial charge in [0.2, 0.25) is 5.91 Å². The SMILES string of the molecule is Cc1ccc(O)c(CNc2cccc(C(N)=O)c2C)c1. The highest BCUT2D eigenvalue weighted by molar-refractivity contribution is 5.95. The summed E-state index contributed by atoms with van der Waals surface area (Å²) in [5.74, 6) is -0.184. The zero-order valence-corrected chi connectivity index (χ0v) is 11.6. The predicted octanol–water partition coefficient (Wildman–Crippen LogP) is 2.72. The predicted molar refractivity (Wildman–Crippen MR) is 79.9 cm³/mol. The van der Waals surface area contributed by atoms with Crippen molar-refractivity contribution in [2.45, 2.75) is 20.4 Å². The van der Waals surface area contributed by atoms with Crippen molar-refractivity contribution in [1.82, 2.24) is 0 Å². The van der Waals surface area contributed by atoms with Gasteiger partial charge in [0.1, 0.15) is 5.75 Å². The third-order valence-electron chi connectivity index (χ3n) is 3.30. The van der Waals surface area contributed by atoms with Crippen LogP contribution in [0, 0.1) is 13.8 Å². The fourth-order valence-electron chi connectivity index (χ4n) is 2.14. The van der Waals surface area contributed by atoms with Gasteiger partial charge >= 0.3 is 0 Å². The molecule has 4 N–H and O–H groups in total. The van der Waals surface area contributed by atoms with E-state index in [2.05, 4.69) is 5.32 Å². The van der Waals surface area contributed by atoms with Crippen LogP contribution in [0.3, 0.4) is 0 Å². The Morgan fingerprint density at radius 1 is 1.25 bits per heavy atom. The monoisotopic (exact) mass is 270 g/mol. The number of nitrogens with one attached hydrogen (secondary N) is 1. The van der Waals surface area contributed by atoms with Gasteiger partial charge in [-0.1, -0.05) is 23.8 Å². The number of amides is 1. The molecule has 0 saturated carbocycles. The Balaban J connectivity index is 2.21. The number of primary amides is 1. The normalized spacial score (nSPS) is 10.3. The molecule has 2 rings (SSSR count). The Bertz CT molecular complexity index is 651. The maximum Gasteiger partial charge on any atom is 0.249 e. The molecule has 20 heavy (non-hydrogen) atoms. The molecule has 0 heterocycles. The number of phenols is 1. The number of hydrogen-bond donors (Lipinski definition) is 3. The molecule has 2 aromatic rings. The van der Waals surface area contributed by atoms with Gasteiger partial charge in [-0.25, -0.2) is 0 Å². The number of rotatable bonds is 4. The Morgan fingerprint density at radius 2 is 2.00 bits per heavy atom. The van der Waals surface area contributed by atoms with Crippen molar-refractivity contribution in [2.75, 3.05) is 5.32 Å². The van der Waals surface area contributed by atoms with E-state index in [-0.39, 0.29) is 5.75 Å². The number of carbonyl (C=O) groups excluding carboxylic acids is 1. The smallest absolute Gasteiger partial charge is 0.249 e. The molecule has 0 bridgehead atoms. The van der Waals surface area contributed by atoms with Gasteiger partial charge in [-0.15, -0.1) is 0 Å². The summed E-state index contributed by atoms with van der Waals surface area (Å²) < 4.78 is 0. The summed E-state index contributed by atoms with van der Waals surface area (Å²) in [5, 5.41) is 13.0. The lowest BCUT2D eigenvalue weighted by molar-refractivity contribution is 0.1000. The van der Waals surface area contributed by atoms with Crippen molar-refractivity contribution < 1.29 is 9.90 Å². The van der Waals surface area contributed by atoms with Crippen LogP contribution in [-0.2, 0) is 6.54 Å². The summed E-state index contributed by atoms with van der Waals surface area (Å²) >= 11 is 0. The quantitative estimate of drug-likeness (QED) is 0.799. The van der Waals surface area contributed by atoms with Crippen molar-refractivity contribution in [1.29, 1.82) is 0 Å². The van der Waals surface area contributed by atoms with Gasteiger partial charge in [-0.2, -0.15) is 0 Å². The number of aryl methyl sites for hydroxylation is 1. The van der Waals surface area contributed by atoms with E-state index in [1.807, 2.05) is 32.0 Å². The van der Waals surface area contributed by atoms with Gasteiger partial charge in [0, 0.05) is 23.4 Å². The Labute approximate surface area is 118 Å².